The van der Waals surface area contributed by atoms with Crippen molar-refractivity contribution in [3.63, 3.8) is 0 Å². The van der Waals surface area contributed by atoms with E-state index < -0.39 is 0 Å². The van der Waals surface area contributed by atoms with E-state index in [9.17, 15) is 0 Å². The van der Waals surface area contributed by atoms with E-state index in [0.29, 0.717) is 28.2 Å². The molecule has 0 aliphatic heterocycles. The molecule has 5 nitrogen and oxygen atoms in total. The molecule has 0 fully saturated rings. The van der Waals surface area contributed by atoms with Crippen LogP contribution >= 0.6 is 11.6 Å². The van der Waals surface area contributed by atoms with Crippen molar-refractivity contribution in [1.82, 2.24) is 20.2 Å². The van der Waals surface area contributed by atoms with Crippen LogP contribution in [-0.4, -0.2) is 20.2 Å². The summed E-state index contributed by atoms with van der Waals surface area (Å²) in [5.41, 5.74) is 1.39. The maximum atomic E-state index is 6.17. The summed E-state index contributed by atoms with van der Waals surface area (Å²) in [6, 6.07) is 7.44. The fraction of sp³-hybridized carbons (Fsp3) is 0.214. The first-order valence-corrected chi connectivity index (χ1v) is 6.71. The Balaban J connectivity index is 0.000000704. The Morgan fingerprint density at radius 3 is 2.60 bits per heavy atom. The molecule has 104 valence electrons. The summed E-state index contributed by atoms with van der Waals surface area (Å²) in [5.74, 6) is 1.70. The highest BCUT2D eigenvalue weighted by Gasteiger charge is 2.18. The third-order valence-corrected chi connectivity index (χ3v) is 2.82. The van der Waals surface area contributed by atoms with Gasteiger partial charge in [0.2, 0.25) is 0 Å². The third-order valence-electron chi connectivity index (χ3n) is 2.49. The van der Waals surface area contributed by atoms with E-state index in [0.717, 1.165) is 5.56 Å². The van der Waals surface area contributed by atoms with Crippen LogP contribution < -0.4 is 0 Å². The van der Waals surface area contributed by atoms with Gasteiger partial charge >= 0.3 is 0 Å². The number of rotatable bonds is 2. The summed E-state index contributed by atoms with van der Waals surface area (Å²) >= 11 is 6.17. The summed E-state index contributed by atoms with van der Waals surface area (Å²) < 4.78 is 5.62. The molecule has 0 saturated heterocycles. The highest BCUT2D eigenvalue weighted by molar-refractivity contribution is 6.33. The highest BCUT2D eigenvalue weighted by Crippen LogP contribution is 2.34. The van der Waals surface area contributed by atoms with Crippen LogP contribution in [0.2, 0.25) is 5.02 Å². The second-order valence-electron chi connectivity index (χ2n) is 3.72. The zero-order valence-corrected chi connectivity index (χ0v) is 12.3. The van der Waals surface area contributed by atoms with E-state index in [2.05, 4.69) is 20.2 Å². The Hall–Kier alpha value is -2.14. The van der Waals surface area contributed by atoms with Gasteiger partial charge < -0.3 is 4.42 Å². The number of aryl methyl sites for hydroxylation is 1. The quantitative estimate of drug-likeness (QED) is 0.771. The molecule has 2 heterocycles. The Labute approximate surface area is 122 Å². The molecule has 3 aromatic rings. The topological polar surface area (TPSA) is 67.6 Å². The van der Waals surface area contributed by atoms with Crippen molar-refractivity contribution in [1.29, 1.82) is 0 Å². The van der Waals surface area contributed by atoms with Gasteiger partial charge in [-0.05, 0) is 12.1 Å². The van der Waals surface area contributed by atoms with Gasteiger partial charge in [-0.3, -0.25) is 5.10 Å². The summed E-state index contributed by atoms with van der Waals surface area (Å²) in [6.45, 7) is 5.78. The first kappa shape index (κ1) is 14.3. The van der Waals surface area contributed by atoms with Crippen molar-refractivity contribution >= 4 is 11.6 Å². The lowest BCUT2D eigenvalue weighted by Gasteiger charge is -2.01. The average Bonchev–Trinajstić information content (AvgIpc) is 3.10. The molecule has 0 saturated carbocycles. The normalized spacial score (nSPS) is 10.0. The van der Waals surface area contributed by atoms with Crippen LogP contribution in [0.4, 0.5) is 0 Å². The van der Waals surface area contributed by atoms with Crippen LogP contribution in [0.1, 0.15) is 19.7 Å². The minimum Gasteiger partial charge on any atom is -0.440 e. The van der Waals surface area contributed by atoms with E-state index in [1.807, 2.05) is 32.0 Å². The molecule has 0 radical (unpaired) electrons. The average molecular weight is 291 g/mol. The first-order chi connectivity index (χ1) is 9.75. The van der Waals surface area contributed by atoms with Gasteiger partial charge in [-0.25, -0.2) is 9.97 Å². The molecule has 20 heavy (non-hydrogen) atoms. The van der Waals surface area contributed by atoms with Crippen molar-refractivity contribution in [2.45, 2.75) is 20.8 Å². The minimum atomic E-state index is 0.552. The monoisotopic (exact) mass is 290 g/mol. The summed E-state index contributed by atoms with van der Waals surface area (Å²) in [5, 5.41) is 7.19. The predicted molar refractivity (Wildman–Crippen MR) is 78.4 cm³/mol. The Kier molecular flexibility index (Phi) is 4.53. The standard InChI is InChI=1S/C12H9ClN4O.C2H6/c1-7-16-10(12-14-6-15-17-12)11(18-7)8-4-2-3-5-9(8)13;1-2/h2-6H,1H3,(H,14,15,17);1-2H3. The lowest BCUT2D eigenvalue weighted by molar-refractivity contribution is 0.534. The largest absolute Gasteiger partial charge is 0.440 e. The van der Waals surface area contributed by atoms with Crippen LogP contribution in [0.25, 0.3) is 22.8 Å². The smallest absolute Gasteiger partial charge is 0.192 e. The van der Waals surface area contributed by atoms with Gasteiger partial charge in [0.1, 0.15) is 6.33 Å². The summed E-state index contributed by atoms with van der Waals surface area (Å²) in [7, 11) is 0. The third kappa shape index (κ3) is 2.72. The Bertz CT molecular complexity index is 676. The maximum absolute atomic E-state index is 6.17. The van der Waals surface area contributed by atoms with Gasteiger partial charge in [-0.1, -0.05) is 37.6 Å². The predicted octanol–water partition coefficient (Wildman–Crippen LogP) is 4.11. The number of aromatic amines is 1. The molecule has 0 spiro atoms. The van der Waals surface area contributed by atoms with Gasteiger partial charge in [0.15, 0.2) is 23.2 Å². The number of nitrogens with one attached hydrogen (secondary N) is 1. The van der Waals surface area contributed by atoms with Crippen LogP contribution in [0, 0.1) is 6.92 Å². The van der Waals surface area contributed by atoms with E-state index in [-0.39, 0.29) is 0 Å². The van der Waals surface area contributed by atoms with Gasteiger partial charge in [0.25, 0.3) is 0 Å². The summed E-state index contributed by atoms with van der Waals surface area (Å²) in [4.78, 5) is 8.39. The van der Waals surface area contributed by atoms with Crippen molar-refractivity contribution in [3.05, 3.63) is 41.5 Å². The number of aromatic nitrogens is 4. The van der Waals surface area contributed by atoms with Gasteiger partial charge in [-0.2, -0.15) is 5.10 Å². The molecule has 0 bridgehead atoms. The van der Waals surface area contributed by atoms with Crippen molar-refractivity contribution in [2.24, 2.45) is 0 Å². The zero-order valence-electron chi connectivity index (χ0n) is 11.5. The molecular weight excluding hydrogens is 276 g/mol. The second kappa shape index (κ2) is 6.34. The van der Waals surface area contributed by atoms with E-state index in [1.165, 1.54) is 6.33 Å². The molecule has 6 heteroatoms. The molecule has 1 N–H and O–H groups in total. The fourth-order valence-electron chi connectivity index (χ4n) is 1.74. The zero-order chi connectivity index (χ0) is 14.5. The molecule has 3 rings (SSSR count). The van der Waals surface area contributed by atoms with E-state index in [4.69, 9.17) is 16.0 Å². The number of benzene rings is 1. The fourth-order valence-corrected chi connectivity index (χ4v) is 1.96. The molecule has 0 aliphatic carbocycles. The molecule has 0 amide bonds. The number of nitrogens with zero attached hydrogens (tertiary/aromatic N) is 3. The van der Waals surface area contributed by atoms with Crippen LogP contribution in [0.3, 0.4) is 0 Å². The molecule has 0 atom stereocenters. The van der Waals surface area contributed by atoms with E-state index >= 15 is 0 Å². The number of hydrogen-bond acceptors (Lipinski definition) is 4. The molecule has 0 aliphatic rings. The second-order valence-corrected chi connectivity index (χ2v) is 4.13. The first-order valence-electron chi connectivity index (χ1n) is 6.34. The Morgan fingerprint density at radius 1 is 1.20 bits per heavy atom. The van der Waals surface area contributed by atoms with Crippen molar-refractivity contribution < 1.29 is 4.42 Å². The summed E-state index contributed by atoms with van der Waals surface area (Å²) in [6.07, 6.45) is 1.43. The number of halogens is 1. The van der Waals surface area contributed by atoms with Crippen LogP contribution in [-0.2, 0) is 0 Å². The Morgan fingerprint density at radius 2 is 1.95 bits per heavy atom. The van der Waals surface area contributed by atoms with Crippen molar-refractivity contribution in [3.8, 4) is 22.8 Å². The van der Waals surface area contributed by atoms with Gasteiger partial charge in [0.05, 0.1) is 5.02 Å². The van der Waals surface area contributed by atoms with E-state index in [1.54, 1.807) is 13.0 Å². The number of H-pyrrole nitrogens is 1. The van der Waals surface area contributed by atoms with Crippen LogP contribution in [0.5, 0.6) is 0 Å². The lowest BCUT2D eigenvalue weighted by atomic mass is 10.1. The molecular formula is C14H15ClN4O. The van der Waals surface area contributed by atoms with Crippen LogP contribution in [0.15, 0.2) is 35.0 Å². The SMILES string of the molecule is CC.Cc1nc(-c2ncn[nH]2)c(-c2ccccc2Cl)o1. The highest BCUT2D eigenvalue weighted by atomic mass is 35.5. The number of oxazole rings is 1. The van der Waals surface area contributed by atoms with Gasteiger partial charge in [-0.15, -0.1) is 0 Å². The molecule has 0 unspecified atom stereocenters. The molecule has 1 aromatic carbocycles. The minimum absolute atomic E-state index is 0.552. The van der Waals surface area contributed by atoms with Crippen molar-refractivity contribution in [2.75, 3.05) is 0 Å². The lowest BCUT2D eigenvalue weighted by Crippen LogP contribution is -1.85. The molecule has 2 aromatic heterocycles. The van der Waals surface area contributed by atoms with Gasteiger partial charge in [0, 0.05) is 12.5 Å². The maximum Gasteiger partial charge on any atom is 0.192 e. The number of hydrogen-bond donors (Lipinski definition) is 1.